The van der Waals surface area contributed by atoms with Crippen LogP contribution >= 0.6 is 0 Å². The third-order valence-corrected chi connectivity index (χ3v) is 5.24. The molecule has 3 heterocycles. The largest absolute Gasteiger partial charge is 0.361 e. The number of amides is 1. The van der Waals surface area contributed by atoms with E-state index in [-0.39, 0.29) is 5.91 Å². The number of aromatic nitrogens is 3. The Morgan fingerprint density at radius 3 is 2.81 bits per heavy atom. The summed E-state index contributed by atoms with van der Waals surface area (Å²) in [5, 5.41) is 1.14. The van der Waals surface area contributed by atoms with E-state index in [0.29, 0.717) is 0 Å². The lowest BCUT2D eigenvalue weighted by Crippen LogP contribution is -2.49. The number of piperazine rings is 1. The fraction of sp³-hybridized carbons (Fsp3) is 0.400. The zero-order valence-electron chi connectivity index (χ0n) is 15.2. The van der Waals surface area contributed by atoms with Crippen molar-refractivity contribution in [1.29, 1.82) is 0 Å². The van der Waals surface area contributed by atoms with Crippen LogP contribution in [0.4, 0.5) is 0 Å². The van der Waals surface area contributed by atoms with Crippen molar-refractivity contribution in [3.8, 4) is 0 Å². The Bertz CT molecular complexity index is 888. The van der Waals surface area contributed by atoms with E-state index in [0.717, 1.165) is 68.0 Å². The molecule has 0 saturated carbocycles. The molecule has 0 atom stereocenters. The van der Waals surface area contributed by atoms with Gasteiger partial charge < -0.3 is 14.5 Å². The second-order valence-corrected chi connectivity index (χ2v) is 6.80. The highest BCUT2D eigenvalue weighted by Crippen LogP contribution is 2.16. The molecule has 3 aromatic rings. The SMILES string of the molecule is CCc1nccn1CCN1CCN(C(=O)c2ccc3cc[nH]c3c2)CC1. The number of fused-ring (bicyclic) bond motifs is 1. The van der Waals surface area contributed by atoms with Crippen molar-refractivity contribution in [2.75, 3.05) is 32.7 Å². The number of carbonyl (C=O) groups is 1. The van der Waals surface area contributed by atoms with Crippen molar-refractivity contribution in [2.45, 2.75) is 19.9 Å². The van der Waals surface area contributed by atoms with Crippen molar-refractivity contribution in [2.24, 2.45) is 0 Å². The summed E-state index contributed by atoms with van der Waals surface area (Å²) in [7, 11) is 0. The minimum absolute atomic E-state index is 0.129. The molecule has 6 heteroatoms. The lowest BCUT2D eigenvalue weighted by atomic mass is 10.1. The summed E-state index contributed by atoms with van der Waals surface area (Å²) in [6, 6.07) is 7.91. The minimum atomic E-state index is 0.129. The smallest absolute Gasteiger partial charge is 0.254 e. The fourth-order valence-corrected chi connectivity index (χ4v) is 3.65. The number of rotatable bonds is 5. The van der Waals surface area contributed by atoms with Gasteiger partial charge in [0.1, 0.15) is 5.82 Å². The number of nitrogens with one attached hydrogen (secondary N) is 1. The molecule has 0 spiro atoms. The zero-order chi connectivity index (χ0) is 17.9. The van der Waals surface area contributed by atoms with Crippen molar-refractivity contribution in [3.63, 3.8) is 0 Å². The molecule has 0 radical (unpaired) electrons. The lowest BCUT2D eigenvalue weighted by molar-refractivity contribution is 0.0633. The van der Waals surface area contributed by atoms with Crippen LogP contribution in [-0.4, -0.2) is 63.0 Å². The first-order valence-corrected chi connectivity index (χ1v) is 9.33. The number of aryl methyl sites for hydroxylation is 1. The average molecular weight is 351 g/mol. The summed E-state index contributed by atoms with van der Waals surface area (Å²) in [6.07, 6.45) is 6.79. The predicted molar refractivity (Wildman–Crippen MR) is 102 cm³/mol. The number of carbonyl (C=O) groups excluding carboxylic acids is 1. The molecule has 1 aromatic carbocycles. The predicted octanol–water partition coefficient (Wildman–Crippen LogP) is 2.38. The van der Waals surface area contributed by atoms with E-state index in [9.17, 15) is 4.79 Å². The van der Waals surface area contributed by atoms with Gasteiger partial charge in [-0.2, -0.15) is 0 Å². The van der Waals surface area contributed by atoms with E-state index in [2.05, 4.69) is 32.6 Å². The van der Waals surface area contributed by atoms with Gasteiger partial charge in [0.25, 0.3) is 5.91 Å². The molecule has 1 amide bonds. The van der Waals surface area contributed by atoms with Gasteiger partial charge in [-0.25, -0.2) is 4.98 Å². The second kappa shape index (κ2) is 7.33. The Morgan fingerprint density at radius 1 is 1.15 bits per heavy atom. The van der Waals surface area contributed by atoms with Gasteiger partial charge in [0.05, 0.1) is 0 Å². The molecule has 1 aliphatic rings. The van der Waals surface area contributed by atoms with Crippen LogP contribution in [0.25, 0.3) is 10.9 Å². The van der Waals surface area contributed by atoms with Crippen molar-refractivity contribution < 1.29 is 4.79 Å². The third kappa shape index (κ3) is 3.37. The number of H-pyrrole nitrogens is 1. The van der Waals surface area contributed by atoms with Crippen LogP contribution in [0.2, 0.25) is 0 Å². The minimum Gasteiger partial charge on any atom is -0.361 e. The molecule has 1 saturated heterocycles. The molecule has 26 heavy (non-hydrogen) atoms. The highest BCUT2D eigenvalue weighted by molar-refractivity contribution is 5.98. The van der Waals surface area contributed by atoms with Crippen LogP contribution in [0, 0.1) is 0 Å². The number of nitrogens with zero attached hydrogens (tertiary/aromatic N) is 4. The van der Waals surface area contributed by atoms with Crippen LogP contribution < -0.4 is 0 Å². The molecular weight excluding hydrogens is 326 g/mol. The highest BCUT2D eigenvalue weighted by Gasteiger charge is 2.22. The van der Waals surface area contributed by atoms with E-state index >= 15 is 0 Å². The van der Waals surface area contributed by atoms with Gasteiger partial charge in [-0.05, 0) is 23.6 Å². The molecule has 4 rings (SSSR count). The Balaban J connectivity index is 1.32. The number of hydrogen-bond acceptors (Lipinski definition) is 3. The number of imidazole rings is 1. The van der Waals surface area contributed by atoms with E-state index in [1.807, 2.05) is 41.6 Å². The van der Waals surface area contributed by atoms with Gasteiger partial charge in [-0.15, -0.1) is 0 Å². The maximum absolute atomic E-state index is 12.8. The normalized spacial score (nSPS) is 15.7. The summed E-state index contributed by atoms with van der Waals surface area (Å²) < 4.78 is 2.23. The zero-order valence-corrected chi connectivity index (χ0v) is 15.2. The maximum atomic E-state index is 12.8. The highest BCUT2D eigenvalue weighted by atomic mass is 16.2. The van der Waals surface area contributed by atoms with Crippen molar-refractivity contribution in [1.82, 2.24) is 24.3 Å². The molecule has 1 aliphatic heterocycles. The molecule has 1 N–H and O–H groups in total. The summed E-state index contributed by atoms with van der Waals surface area (Å²) in [5.74, 6) is 1.27. The Morgan fingerprint density at radius 2 is 2.00 bits per heavy atom. The van der Waals surface area contributed by atoms with Gasteiger partial charge in [0, 0.05) is 75.4 Å². The number of aromatic amines is 1. The summed E-state index contributed by atoms with van der Waals surface area (Å²) in [4.78, 5) is 24.7. The lowest BCUT2D eigenvalue weighted by Gasteiger charge is -2.34. The molecule has 6 nitrogen and oxygen atoms in total. The fourth-order valence-electron chi connectivity index (χ4n) is 3.65. The Hall–Kier alpha value is -2.60. The van der Waals surface area contributed by atoms with E-state index < -0.39 is 0 Å². The topological polar surface area (TPSA) is 57.2 Å². The molecule has 0 unspecified atom stereocenters. The summed E-state index contributed by atoms with van der Waals surface area (Å²) in [6.45, 7) is 7.51. The third-order valence-electron chi connectivity index (χ3n) is 5.24. The van der Waals surface area contributed by atoms with Gasteiger partial charge in [-0.3, -0.25) is 9.69 Å². The van der Waals surface area contributed by atoms with Crippen LogP contribution in [0.3, 0.4) is 0 Å². The quantitative estimate of drug-likeness (QED) is 0.768. The van der Waals surface area contributed by atoms with E-state index in [1.165, 1.54) is 0 Å². The van der Waals surface area contributed by atoms with Gasteiger partial charge in [0.15, 0.2) is 0 Å². The maximum Gasteiger partial charge on any atom is 0.254 e. The van der Waals surface area contributed by atoms with Gasteiger partial charge in [-0.1, -0.05) is 13.0 Å². The molecule has 1 fully saturated rings. The van der Waals surface area contributed by atoms with Crippen molar-refractivity contribution >= 4 is 16.8 Å². The van der Waals surface area contributed by atoms with Gasteiger partial charge in [0.2, 0.25) is 0 Å². The molecule has 136 valence electrons. The standard InChI is InChI=1S/C20H25N5O/c1-2-19-22-7-8-24(19)12-9-23-10-13-25(14-11-23)20(26)17-4-3-16-5-6-21-18(16)15-17/h3-8,15,21H,2,9-14H2,1H3. The Labute approximate surface area is 153 Å². The Kier molecular flexibility index (Phi) is 4.75. The van der Waals surface area contributed by atoms with E-state index in [4.69, 9.17) is 0 Å². The average Bonchev–Trinajstić information content (AvgIpc) is 3.34. The molecular formula is C20H25N5O. The molecule has 0 aliphatic carbocycles. The van der Waals surface area contributed by atoms with Crippen LogP contribution in [0.15, 0.2) is 42.9 Å². The van der Waals surface area contributed by atoms with Crippen LogP contribution in [-0.2, 0) is 13.0 Å². The number of hydrogen-bond donors (Lipinski definition) is 1. The summed E-state index contributed by atoms with van der Waals surface area (Å²) >= 11 is 0. The van der Waals surface area contributed by atoms with Crippen molar-refractivity contribution in [3.05, 3.63) is 54.2 Å². The molecule has 2 aromatic heterocycles. The molecule has 0 bridgehead atoms. The monoisotopic (exact) mass is 351 g/mol. The number of benzene rings is 1. The van der Waals surface area contributed by atoms with Crippen LogP contribution in [0.5, 0.6) is 0 Å². The second-order valence-electron chi connectivity index (χ2n) is 6.80. The van der Waals surface area contributed by atoms with Gasteiger partial charge >= 0.3 is 0 Å². The first-order chi connectivity index (χ1) is 12.7. The van der Waals surface area contributed by atoms with Crippen LogP contribution in [0.1, 0.15) is 23.1 Å². The van der Waals surface area contributed by atoms with E-state index in [1.54, 1.807) is 0 Å². The summed E-state index contributed by atoms with van der Waals surface area (Å²) in [5.41, 5.74) is 1.78. The first kappa shape index (κ1) is 16.8. The first-order valence-electron chi connectivity index (χ1n) is 9.33.